The van der Waals surface area contributed by atoms with E-state index in [1.54, 1.807) is 17.0 Å². The Hall–Kier alpha value is -1.95. The fourth-order valence-electron chi connectivity index (χ4n) is 3.82. The van der Waals surface area contributed by atoms with Gasteiger partial charge >= 0.3 is 0 Å². The SMILES string of the molecule is CC(=O)NC(C(=O)N1CCOC(c2ccc(F)cc2)C1)C1CCCC1. The molecular formula is C19H25FN2O3. The van der Waals surface area contributed by atoms with Crippen LogP contribution < -0.4 is 5.32 Å². The summed E-state index contributed by atoms with van der Waals surface area (Å²) in [5, 5.41) is 2.86. The van der Waals surface area contributed by atoms with Crippen LogP contribution in [0.1, 0.15) is 44.3 Å². The Morgan fingerprint density at radius 2 is 1.92 bits per heavy atom. The third-order valence-corrected chi connectivity index (χ3v) is 5.12. The van der Waals surface area contributed by atoms with Crippen molar-refractivity contribution in [1.82, 2.24) is 10.2 Å². The smallest absolute Gasteiger partial charge is 0.245 e. The third-order valence-electron chi connectivity index (χ3n) is 5.12. The lowest BCUT2D eigenvalue weighted by Gasteiger charge is -2.36. The van der Waals surface area contributed by atoms with Crippen molar-refractivity contribution in [3.63, 3.8) is 0 Å². The number of rotatable bonds is 4. The number of ether oxygens (including phenoxy) is 1. The average molecular weight is 348 g/mol. The normalized spacial score (nSPS) is 22.6. The quantitative estimate of drug-likeness (QED) is 0.909. The number of nitrogens with zero attached hydrogens (tertiary/aromatic N) is 1. The Morgan fingerprint density at radius 1 is 1.24 bits per heavy atom. The van der Waals surface area contributed by atoms with Crippen LogP contribution in [0.25, 0.3) is 0 Å². The van der Waals surface area contributed by atoms with Gasteiger partial charge in [0.2, 0.25) is 11.8 Å². The van der Waals surface area contributed by atoms with Crippen molar-refractivity contribution in [2.75, 3.05) is 19.7 Å². The highest BCUT2D eigenvalue weighted by molar-refractivity contribution is 5.87. The summed E-state index contributed by atoms with van der Waals surface area (Å²) >= 11 is 0. The van der Waals surface area contributed by atoms with Crippen LogP contribution >= 0.6 is 0 Å². The highest BCUT2D eigenvalue weighted by Crippen LogP contribution is 2.30. The molecule has 1 heterocycles. The molecule has 25 heavy (non-hydrogen) atoms. The van der Waals surface area contributed by atoms with Gasteiger partial charge in [-0.1, -0.05) is 25.0 Å². The number of carbonyl (C=O) groups excluding carboxylic acids is 2. The molecule has 1 aliphatic carbocycles. The lowest BCUT2D eigenvalue weighted by molar-refractivity contribution is -0.144. The minimum absolute atomic E-state index is 0.0301. The molecule has 5 nitrogen and oxygen atoms in total. The first-order valence-electron chi connectivity index (χ1n) is 8.97. The van der Waals surface area contributed by atoms with Gasteiger partial charge < -0.3 is 15.0 Å². The summed E-state index contributed by atoms with van der Waals surface area (Å²) in [6.07, 6.45) is 3.90. The lowest BCUT2D eigenvalue weighted by Crippen LogP contribution is -2.54. The van der Waals surface area contributed by atoms with Gasteiger partial charge in [0.05, 0.1) is 13.2 Å². The molecule has 2 atom stereocenters. The van der Waals surface area contributed by atoms with Crippen LogP contribution in [0.15, 0.2) is 24.3 Å². The van der Waals surface area contributed by atoms with Crippen molar-refractivity contribution in [2.45, 2.75) is 44.8 Å². The van der Waals surface area contributed by atoms with Gasteiger partial charge in [-0.2, -0.15) is 0 Å². The predicted molar refractivity (Wildman–Crippen MR) is 91.2 cm³/mol. The summed E-state index contributed by atoms with van der Waals surface area (Å²) < 4.78 is 18.9. The van der Waals surface area contributed by atoms with Gasteiger partial charge in [-0.25, -0.2) is 4.39 Å². The van der Waals surface area contributed by atoms with E-state index in [1.165, 1.54) is 19.1 Å². The Morgan fingerprint density at radius 3 is 2.56 bits per heavy atom. The predicted octanol–water partition coefficient (Wildman–Crippen LogP) is 2.42. The summed E-state index contributed by atoms with van der Waals surface area (Å²) in [4.78, 5) is 26.4. The molecule has 2 amide bonds. The van der Waals surface area contributed by atoms with Gasteiger partial charge in [-0.3, -0.25) is 9.59 Å². The van der Waals surface area contributed by atoms with Gasteiger partial charge in [-0.05, 0) is 36.5 Å². The minimum Gasteiger partial charge on any atom is -0.370 e. The second kappa shape index (κ2) is 7.95. The Bertz CT molecular complexity index is 614. The molecule has 6 heteroatoms. The second-order valence-electron chi connectivity index (χ2n) is 6.92. The monoisotopic (exact) mass is 348 g/mol. The number of nitrogens with one attached hydrogen (secondary N) is 1. The zero-order valence-electron chi connectivity index (χ0n) is 14.5. The molecule has 1 saturated heterocycles. The van der Waals surface area contributed by atoms with Crippen molar-refractivity contribution in [3.8, 4) is 0 Å². The number of amides is 2. The van der Waals surface area contributed by atoms with Crippen LogP contribution in [0.2, 0.25) is 0 Å². The molecule has 136 valence electrons. The van der Waals surface area contributed by atoms with Crippen LogP contribution in [-0.2, 0) is 14.3 Å². The molecule has 1 aromatic carbocycles. The molecule has 1 aromatic rings. The minimum atomic E-state index is -0.452. The van der Waals surface area contributed by atoms with Crippen LogP contribution in [0.5, 0.6) is 0 Å². The molecule has 0 bridgehead atoms. The van der Waals surface area contributed by atoms with E-state index in [0.717, 1.165) is 31.2 Å². The fraction of sp³-hybridized carbons (Fsp3) is 0.579. The average Bonchev–Trinajstić information content (AvgIpc) is 3.14. The maximum Gasteiger partial charge on any atom is 0.245 e. The van der Waals surface area contributed by atoms with Gasteiger partial charge in [-0.15, -0.1) is 0 Å². The van der Waals surface area contributed by atoms with Crippen molar-refractivity contribution < 1.29 is 18.7 Å². The highest BCUT2D eigenvalue weighted by Gasteiger charge is 2.36. The first kappa shape index (κ1) is 17.9. The van der Waals surface area contributed by atoms with Crippen molar-refractivity contribution >= 4 is 11.8 Å². The summed E-state index contributed by atoms with van der Waals surface area (Å²) in [7, 11) is 0. The standard InChI is InChI=1S/C19H25FN2O3/c1-13(23)21-18(15-4-2-3-5-15)19(24)22-10-11-25-17(12-22)14-6-8-16(20)9-7-14/h6-9,15,17-18H,2-5,10-12H2,1H3,(H,21,23). The van der Waals surface area contributed by atoms with E-state index in [2.05, 4.69) is 5.32 Å². The van der Waals surface area contributed by atoms with Crippen LogP contribution in [-0.4, -0.2) is 42.5 Å². The van der Waals surface area contributed by atoms with Crippen LogP contribution in [0.4, 0.5) is 4.39 Å². The van der Waals surface area contributed by atoms with Crippen molar-refractivity contribution in [2.24, 2.45) is 5.92 Å². The van der Waals surface area contributed by atoms with Gasteiger partial charge in [0.25, 0.3) is 0 Å². The van der Waals surface area contributed by atoms with Crippen molar-refractivity contribution in [1.29, 1.82) is 0 Å². The molecule has 2 fully saturated rings. The maximum absolute atomic E-state index is 13.1. The van der Waals surface area contributed by atoms with Crippen molar-refractivity contribution in [3.05, 3.63) is 35.6 Å². The Labute approximate surface area is 147 Å². The molecule has 2 unspecified atom stereocenters. The summed E-state index contributed by atoms with van der Waals surface area (Å²) in [6, 6.07) is 5.73. The van der Waals surface area contributed by atoms with Gasteiger partial charge in [0, 0.05) is 13.5 Å². The van der Waals surface area contributed by atoms with E-state index < -0.39 is 6.04 Å². The van der Waals surface area contributed by atoms with E-state index in [1.807, 2.05) is 0 Å². The molecular weight excluding hydrogens is 323 g/mol. The number of hydrogen-bond donors (Lipinski definition) is 1. The molecule has 1 N–H and O–H groups in total. The van der Waals surface area contributed by atoms with E-state index in [4.69, 9.17) is 4.74 Å². The van der Waals surface area contributed by atoms with E-state index >= 15 is 0 Å². The number of carbonyl (C=O) groups is 2. The van der Waals surface area contributed by atoms with E-state index in [-0.39, 0.29) is 29.7 Å². The number of morpholine rings is 1. The number of benzene rings is 1. The van der Waals surface area contributed by atoms with Gasteiger partial charge in [0.1, 0.15) is 18.0 Å². The summed E-state index contributed by atoms with van der Waals surface area (Å²) in [5.41, 5.74) is 0.857. The molecule has 0 spiro atoms. The first-order chi connectivity index (χ1) is 12.0. The molecule has 1 saturated carbocycles. The number of hydrogen-bond acceptors (Lipinski definition) is 3. The molecule has 0 radical (unpaired) electrons. The van der Waals surface area contributed by atoms with E-state index in [0.29, 0.717) is 19.7 Å². The largest absolute Gasteiger partial charge is 0.370 e. The topological polar surface area (TPSA) is 58.6 Å². The van der Waals surface area contributed by atoms with E-state index in [9.17, 15) is 14.0 Å². The Kier molecular flexibility index (Phi) is 5.68. The zero-order chi connectivity index (χ0) is 17.8. The Balaban J connectivity index is 1.70. The second-order valence-corrected chi connectivity index (χ2v) is 6.92. The number of halogens is 1. The molecule has 3 rings (SSSR count). The summed E-state index contributed by atoms with van der Waals surface area (Å²) in [5.74, 6) is -0.283. The third kappa shape index (κ3) is 4.37. The molecule has 0 aromatic heterocycles. The maximum atomic E-state index is 13.1. The molecule has 2 aliphatic rings. The van der Waals surface area contributed by atoms with Crippen LogP contribution in [0, 0.1) is 11.7 Å². The summed E-state index contributed by atoms with van der Waals surface area (Å²) in [6.45, 7) is 2.83. The first-order valence-corrected chi connectivity index (χ1v) is 8.97. The van der Waals surface area contributed by atoms with Gasteiger partial charge in [0.15, 0.2) is 0 Å². The van der Waals surface area contributed by atoms with Crippen LogP contribution in [0.3, 0.4) is 0 Å². The molecule has 1 aliphatic heterocycles. The zero-order valence-corrected chi connectivity index (χ0v) is 14.5. The highest BCUT2D eigenvalue weighted by atomic mass is 19.1. The fourth-order valence-corrected chi connectivity index (χ4v) is 3.82. The lowest BCUT2D eigenvalue weighted by atomic mass is 9.96.